The molecule has 1 saturated heterocycles. The second kappa shape index (κ2) is 3.84. The van der Waals surface area contributed by atoms with E-state index >= 15 is 0 Å². The molecule has 1 N–H and O–H groups in total. The standard InChI is InChI=1S/C10H14N2O2/c1-8-7-12(4-5-14-8)10-3-2-9(13)6-11-10/h2-3,6,8,13H,4-5,7H2,1H3. The van der Waals surface area contributed by atoms with Crippen molar-refractivity contribution in [3.63, 3.8) is 0 Å². The minimum Gasteiger partial charge on any atom is -0.506 e. The van der Waals surface area contributed by atoms with Crippen LogP contribution < -0.4 is 4.90 Å². The van der Waals surface area contributed by atoms with E-state index in [0.717, 1.165) is 25.5 Å². The van der Waals surface area contributed by atoms with E-state index in [4.69, 9.17) is 9.84 Å². The van der Waals surface area contributed by atoms with Gasteiger partial charge in [0, 0.05) is 13.1 Å². The summed E-state index contributed by atoms with van der Waals surface area (Å²) < 4.78 is 5.43. The molecule has 0 amide bonds. The zero-order chi connectivity index (χ0) is 9.97. The predicted molar refractivity (Wildman–Crippen MR) is 53.5 cm³/mol. The van der Waals surface area contributed by atoms with Crippen molar-refractivity contribution in [2.75, 3.05) is 24.6 Å². The zero-order valence-electron chi connectivity index (χ0n) is 8.18. The Balaban J connectivity index is 2.10. The maximum absolute atomic E-state index is 9.10. The van der Waals surface area contributed by atoms with Crippen LogP contribution in [0.5, 0.6) is 5.75 Å². The SMILES string of the molecule is CC1CN(c2ccc(O)cn2)CCO1. The van der Waals surface area contributed by atoms with Crippen LogP contribution >= 0.6 is 0 Å². The lowest BCUT2D eigenvalue weighted by molar-refractivity contribution is 0.0529. The van der Waals surface area contributed by atoms with Gasteiger partial charge in [0.1, 0.15) is 11.6 Å². The third kappa shape index (κ3) is 1.96. The number of aromatic nitrogens is 1. The third-order valence-corrected chi connectivity index (χ3v) is 2.30. The Morgan fingerprint density at radius 3 is 3.07 bits per heavy atom. The number of pyridine rings is 1. The smallest absolute Gasteiger partial charge is 0.134 e. The number of morpholine rings is 1. The van der Waals surface area contributed by atoms with Gasteiger partial charge in [-0.2, -0.15) is 0 Å². The lowest BCUT2D eigenvalue weighted by Gasteiger charge is -2.31. The summed E-state index contributed by atoms with van der Waals surface area (Å²) in [6.07, 6.45) is 1.72. The van der Waals surface area contributed by atoms with Crippen molar-refractivity contribution < 1.29 is 9.84 Å². The summed E-state index contributed by atoms with van der Waals surface area (Å²) >= 11 is 0. The van der Waals surface area contributed by atoms with E-state index in [0.29, 0.717) is 0 Å². The van der Waals surface area contributed by atoms with Crippen LogP contribution in [0.4, 0.5) is 5.82 Å². The predicted octanol–water partition coefficient (Wildman–Crippen LogP) is 1.01. The van der Waals surface area contributed by atoms with Crippen LogP contribution in [0.15, 0.2) is 18.3 Å². The van der Waals surface area contributed by atoms with Gasteiger partial charge in [-0.05, 0) is 19.1 Å². The number of hydrogen-bond acceptors (Lipinski definition) is 4. The molecule has 0 aromatic carbocycles. The Hall–Kier alpha value is -1.29. The molecule has 1 aliphatic rings. The maximum Gasteiger partial charge on any atom is 0.134 e. The Morgan fingerprint density at radius 2 is 2.43 bits per heavy atom. The van der Waals surface area contributed by atoms with Crippen LogP contribution in [0.2, 0.25) is 0 Å². The molecule has 0 radical (unpaired) electrons. The largest absolute Gasteiger partial charge is 0.506 e. The normalized spacial score (nSPS) is 22.4. The Labute approximate surface area is 83.1 Å². The van der Waals surface area contributed by atoms with Crippen LogP contribution in [0, 0.1) is 0 Å². The van der Waals surface area contributed by atoms with Gasteiger partial charge in [-0.3, -0.25) is 0 Å². The molecule has 4 nitrogen and oxygen atoms in total. The molecular weight excluding hydrogens is 180 g/mol. The second-order valence-corrected chi connectivity index (χ2v) is 3.50. The van der Waals surface area contributed by atoms with Gasteiger partial charge in [-0.1, -0.05) is 0 Å². The van der Waals surface area contributed by atoms with Gasteiger partial charge in [-0.25, -0.2) is 4.98 Å². The minimum absolute atomic E-state index is 0.204. The van der Waals surface area contributed by atoms with Gasteiger partial charge in [0.2, 0.25) is 0 Å². The molecule has 1 atom stereocenters. The molecule has 0 bridgehead atoms. The number of nitrogens with zero attached hydrogens (tertiary/aromatic N) is 2. The first kappa shape index (κ1) is 9.27. The Bertz CT molecular complexity index is 299. The molecular formula is C10H14N2O2. The van der Waals surface area contributed by atoms with Crippen LogP contribution in [0.25, 0.3) is 0 Å². The van der Waals surface area contributed by atoms with Crippen molar-refractivity contribution in [3.8, 4) is 5.75 Å². The van der Waals surface area contributed by atoms with E-state index in [2.05, 4.69) is 9.88 Å². The van der Waals surface area contributed by atoms with Gasteiger partial charge in [-0.15, -0.1) is 0 Å². The monoisotopic (exact) mass is 194 g/mol. The highest BCUT2D eigenvalue weighted by atomic mass is 16.5. The van der Waals surface area contributed by atoms with Crippen molar-refractivity contribution in [1.82, 2.24) is 4.98 Å². The lowest BCUT2D eigenvalue weighted by Crippen LogP contribution is -2.41. The number of ether oxygens (including phenoxy) is 1. The maximum atomic E-state index is 9.10. The van der Waals surface area contributed by atoms with Crippen molar-refractivity contribution in [3.05, 3.63) is 18.3 Å². The zero-order valence-corrected chi connectivity index (χ0v) is 8.18. The summed E-state index contributed by atoms with van der Waals surface area (Å²) in [5.41, 5.74) is 0. The molecule has 0 saturated carbocycles. The fourth-order valence-corrected chi connectivity index (χ4v) is 1.59. The number of anilines is 1. The van der Waals surface area contributed by atoms with E-state index < -0.39 is 0 Å². The van der Waals surface area contributed by atoms with E-state index in [1.165, 1.54) is 6.20 Å². The summed E-state index contributed by atoms with van der Waals surface area (Å²) in [5.74, 6) is 1.10. The Kier molecular flexibility index (Phi) is 2.54. The average Bonchev–Trinajstić information content (AvgIpc) is 2.19. The van der Waals surface area contributed by atoms with Gasteiger partial charge < -0.3 is 14.7 Å². The molecule has 0 spiro atoms. The molecule has 2 heterocycles. The van der Waals surface area contributed by atoms with E-state index in [1.54, 1.807) is 6.07 Å². The van der Waals surface area contributed by atoms with Crippen LogP contribution in [0.1, 0.15) is 6.92 Å². The fraction of sp³-hybridized carbons (Fsp3) is 0.500. The number of hydrogen-bond donors (Lipinski definition) is 1. The van der Waals surface area contributed by atoms with E-state index in [9.17, 15) is 0 Å². The summed E-state index contributed by atoms with van der Waals surface area (Å²) in [5, 5.41) is 9.10. The highest BCUT2D eigenvalue weighted by Gasteiger charge is 2.17. The summed E-state index contributed by atoms with van der Waals surface area (Å²) in [6.45, 7) is 4.51. The van der Waals surface area contributed by atoms with Crippen LogP contribution in [0.3, 0.4) is 0 Å². The van der Waals surface area contributed by atoms with E-state index in [1.807, 2.05) is 13.0 Å². The molecule has 1 aromatic heterocycles. The Morgan fingerprint density at radius 1 is 1.57 bits per heavy atom. The third-order valence-electron chi connectivity index (χ3n) is 2.30. The summed E-state index contributed by atoms with van der Waals surface area (Å²) in [6, 6.07) is 3.48. The topological polar surface area (TPSA) is 45.6 Å². The first-order chi connectivity index (χ1) is 6.75. The van der Waals surface area contributed by atoms with Crippen LogP contribution in [-0.4, -0.2) is 35.9 Å². The van der Waals surface area contributed by atoms with Gasteiger partial charge in [0.05, 0.1) is 18.9 Å². The molecule has 1 unspecified atom stereocenters. The van der Waals surface area contributed by atoms with Crippen molar-refractivity contribution >= 4 is 5.82 Å². The van der Waals surface area contributed by atoms with Crippen molar-refractivity contribution in [2.24, 2.45) is 0 Å². The molecule has 76 valence electrons. The quantitative estimate of drug-likeness (QED) is 0.724. The lowest BCUT2D eigenvalue weighted by atomic mass is 10.3. The minimum atomic E-state index is 0.204. The molecule has 2 rings (SSSR count). The number of rotatable bonds is 1. The fourth-order valence-electron chi connectivity index (χ4n) is 1.59. The number of aromatic hydroxyl groups is 1. The average molecular weight is 194 g/mol. The van der Waals surface area contributed by atoms with Crippen molar-refractivity contribution in [1.29, 1.82) is 0 Å². The highest BCUT2D eigenvalue weighted by molar-refractivity contribution is 5.40. The molecule has 1 aliphatic heterocycles. The first-order valence-electron chi connectivity index (χ1n) is 4.77. The van der Waals surface area contributed by atoms with Gasteiger partial charge in [0.15, 0.2) is 0 Å². The molecule has 0 aliphatic carbocycles. The van der Waals surface area contributed by atoms with Gasteiger partial charge in [0.25, 0.3) is 0 Å². The molecule has 1 aromatic rings. The molecule has 14 heavy (non-hydrogen) atoms. The van der Waals surface area contributed by atoms with E-state index in [-0.39, 0.29) is 11.9 Å². The van der Waals surface area contributed by atoms with Gasteiger partial charge >= 0.3 is 0 Å². The molecule has 4 heteroatoms. The van der Waals surface area contributed by atoms with Crippen LogP contribution in [-0.2, 0) is 4.74 Å². The molecule has 1 fully saturated rings. The second-order valence-electron chi connectivity index (χ2n) is 3.50. The highest BCUT2D eigenvalue weighted by Crippen LogP contribution is 2.17. The summed E-state index contributed by atoms with van der Waals surface area (Å²) in [7, 11) is 0. The van der Waals surface area contributed by atoms with Crippen molar-refractivity contribution in [2.45, 2.75) is 13.0 Å². The summed E-state index contributed by atoms with van der Waals surface area (Å²) in [4.78, 5) is 6.32. The first-order valence-corrected chi connectivity index (χ1v) is 4.77.